The zero-order valence-corrected chi connectivity index (χ0v) is 17.7. The van der Waals surface area contributed by atoms with E-state index in [2.05, 4.69) is 4.72 Å². The lowest BCUT2D eigenvalue weighted by molar-refractivity contribution is 0.0540. The number of aryl methyl sites for hydroxylation is 1. The van der Waals surface area contributed by atoms with E-state index in [0.717, 1.165) is 5.56 Å². The van der Waals surface area contributed by atoms with Crippen LogP contribution >= 0.6 is 0 Å². The van der Waals surface area contributed by atoms with Crippen molar-refractivity contribution in [3.63, 3.8) is 0 Å². The second-order valence-electron chi connectivity index (χ2n) is 7.71. The number of carbonyl (C=O) groups is 1. The van der Waals surface area contributed by atoms with Crippen molar-refractivity contribution in [2.75, 3.05) is 4.72 Å². The van der Waals surface area contributed by atoms with E-state index in [0.29, 0.717) is 16.9 Å². The number of benzene rings is 2. The number of nitrogens with one attached hydrogen (secondary N) is 1. The Kier molecular flexibility index (Phi) is 5.53. The average Bonchev–Trinajstić information content (AvgIpc) is 3.10. The minimum absolute atomic E-state index is 0.167. The third kappa shape index (κ3) is 4.86. The topological polar surface area (TPSA) is 77.4 Å². The molecule has 1 aromatic heterocycles. The van der Waals surface area contributed by atoms with E-state index < -0.39 is 21.7 Å². The lowest BCUT2D eigenvalue weighted by atomic mass is 10.1. The van der Waals surface area contributed by atoms with Gasteiger partial charge in [-0.3, -0.25) is 9.29 Å². The first-order valence-electron chi connectivity index (χ1n) is 9.16. The number of ether oxygens (including phenoxy) is 1. The number of anilines is 1. The fourth-order valence-corrected chi connectivity index (χ4v) is 3.87. The molecule has 0 atom stereocenters. The Hall–Kier alpha value is -3.06. The summed E-state index contributed by atoms with van der Waals surface area (Å²) in [6.07, 6.45) is 1.06. The minimum atomic E-state index is -3.78. The Balaban J connectivity index is 1.98. The van der Waals surface area contributed by atoms with Gasteiger partial charge in [0.25, 0.3) is 10.0 Å². The van der Waals surface area contributed by atoms with E-state index in [-0.39, 0.29) is 4.90 Å². The molecule has 0 spiro atoms. The maximum atomic E-state index is 12.8. The molecule has 0 aliphatic heterocycles. The van der Waals surface area contributed by atoms with Crippen LogP contribution in [0.3, 0.4) is 0 Å². The lowest BCUT2D eigenvalue weighted by Gasteiger charge is -2.21. The summed E-state index contributed by atoms with van der Waals surface area (Å²) in [5.74, 6) is 0. The highest BCUT2D eigenvalue weighted by atomic mass is 32.2. The van der Waals surface area contributed by atoms with Gasteiger partial charge in [-0.25, -0.2) is 13.2 Å². The zero-order chi connectivity index (χ0) is 21.2. The molecular formula is C22H24N2O4S. The van der Waals surface area contributed by atoms with Gasteiger partial charge >= 0.3 is 6.09 Å². The van der Waals surface area contributed by atoms with Crippen molar-refractivity contribution in [3.05, 3.63) is 72.4 Å². The number of rotatable bonds is 4. The molecule has 0 saturated carbocycles. The second-order valence-corrected chi connectivity index (χ2v) is 9.39. The molecule has 1 N–H and O–H groups in total. The van der Waals surface area contributed by atoms with Gasteiger partial charge in [0.15, 0.2) is 0 Å². The van der Waals surface area contributed by atoms with Gasteiger partial charge in [-0.1, -0.05) is 35.9 Å². The molecule has 0 bridgehead atoms. The van der Waals surface area contributed by atoms with Crippen LogP contribution in [0.4, 0.5) is 10.5 Å². The van der Waals surface area contributed by atoms with Crippen LogP contribution in [-0.4, -0.2) is 24.7 Å². The van der Waals surface area contributed by atoms with Gasteiger partial charge in [0.2, 0.25) is 0 Å². The number of carbonyl (C=O) groups excluding carboxylic acids is 1. The third-order valence-corrected chi connectivity index (χ3v) is 5.50. The van der Waals surface area contributed by atoms with Gasteiger partial charge in [0, 0.05) is 11.8 Å². The number of sulfonamides is 1. The molecule has 0 radical (unpaired) electrons. The first-order valence-corrected chi connectivity index (χ1v) is 10.6. The van der Waals surface area contributed by atoms with Crippen LogP contribution in [0.5, 0.6) is 0 Å². The number of nitrogens with zero attached hydrogens (tertiary/aromatic N) is 1. The highest BCUT2D eigenvalue weighted by Crippen LogP contribution is 2.30. The quantitative estimate of drug-likeness (QED) is 0.651. The summed E-state index contributed by atoms with van der Waals surface area (Å²) in [4.78, 5) is 12.7. The molecule has 0 amide bonds. The Bertz CT molecular complexity index is 1120. The van der Waals surface area contributed by atoms with E-state index >= 15 is 0 Å². The monoisotopic (exact) mass is 412 g/mol. The molecule has 0 aliphatic rings. The summed E-state index contributed by atoms with van der Waals surface area (Å²) in [6.45, 7) is 7.26. The molecule has 3 aromatic rings. The molecule has 0 saturated heterocycles. The van der Waals surface area contributed by atoms with Crippen molar-refractivity contribution < 1.29 is 17.9 Å². The van der Waals surface area contributed by atoms with Gasteiger partial charge in [0.05, 0.1) is 16.3 Å². The lowest BCUT2D eigenvalue weighted by Crippen LogP contribution is -2.27. The van der Waals surface area contributed by atoms with Crippen molar-refractivity contribution in [1.29, 1.82) is 0 Å². The fourth-order valence-electron chi connectivity index (χ4n) is 2.79. The Morgan fingerprint density at radius 3 is 2.28 bits per heavy atom. The molecule has 2 aromatic carbocycles. The molecule has 6 nitrogen and oxygen atoms in total. The summed E-state index contributed by atoms with van der Waals surface area (Å²) in [5.41, 5.74) is 1.79. The van der Waals surface area contributed by atoms with Crippen LogP contribution in [0.15, 0.2) is 71.8 Å². The maximum absolute atomic E-state index is 12.8. The number of hydrogen-bond donors (Lipinski definition) is 1. The molecule has 0 fully saturated rings. The van der Waals surface area contributed by atoms with Crippen LogP contribution in [0, 0.1) is 6.92 Å². The predicted molar refractivity (Wildman–Crippen MR) is 113 cm³/mol. The first-order chi connectivity index (χ1) is 13.6. The standard InChI is InChI=1S/C22H24N2O4S/c1-16-11-13-17(14-12-16)29(26,27)23-19-9-6-5-8-18(19)20-10-7-15-24(20)21(25)28-22(2,3)4/h5-15,23H,1-4H3. The molecule has 0 unspecified atom stereocenters. The number of aromatic nitrogens is 1. The average molecular weight is 413 g/mol. The van der Waals surface area contributed by atoms with Gasteiger partial charge in [-0.15, -0.1) is 0 Å². The van der Waals surface area contributed by atoms with E-state index in [1.165, 1.54) is 4.57 Å². The Morgan fingerprint density at radius 2 is 1.62 bits per heavy atom. The van der Waals surface area contributed by atoms with Crippen molar-refractivity contribution in [2.45, 2.75) is 38.2 Å². The summed E-state index contributed by atoms with van der Waals surface area (Å²) in [6, 6.07) is 17.0. The van der Waals surface area contributed by atoms with Gasteiger partial charge < -0.3 is 4.74 Å². The molecule has 3 rings (SSSR count). The smallest absolute Gasteiger partial charge is 0.418 e. The van der Waals surface area contributed by atoms with Crippen molar-refractivity contribution in [2.24, 2.45) is 0 Å². The van der Waals surface area contributed by atoms with E-state index in [1.54, 1.807) is 87.6 Å². The summed E-state index contributed by atoms with van der Waals surface area (Å²) in [7, 11) is -3.78. The number of para-hydroxylation sites is 1. The molecule has 0 aliphatic carbocycles. The van der Waals surface area contributed by atoms with E-state index in [4.69, 9.17) is 4.74 Å². The molecule has 29 heavy (non-hydrogen) atoms. The van der Waals surface area contributed by atoms with Crippen LogP contribution in [0.25, 0.3) is 11.3 Å². The molecule has 7 heteroatoms. The van der Waals surface area contributed by atoms with Crippen LogP contribution < -0.4 is 4.72 Å². The van der Waals surface area contributed by atoms with Crippen LogP contribution in [0.2, 0.25) is 0 Å². The van der Waals surface area contributed by atoms with Crippen molar-refractivity contribution in [3.8, 4) is 11.3 Å². The zero-order valence-electron chi connectivity index (χ0n) is 16.8. The third-order valence-electron chi connectivity index (χ3n) is 4.12. The predicted octanol–water partition coefficient (Wildman–Crippen LogP) is 5.05. The van der Waals surface area contributed by atoms with Gasteiger partial charge in [-0.2, -0.15) is 0 Å². The normalized spacial score (nSPS) is 11.9. The molecule has 1 heterocycles. The maximum Gasteiger partial charge on any atom is 0.418 e. The summed E-state index contributed by atoms with van der Waals surface area (Å²) in [5, 5.41) is 0. The van der Waals surface area contributed by atoms with Crippen LogP contribution in [0.1, 0.15) is 26.3 Å². The summed E-state index contributed by atoms with van der Waals surface area (Å²) >= 11 is 0. The Morgan fingerprint density at radius 1 is 0.966 bits per heavy atom. The van der Waals surface area contributed by atoms with Crippen LogP contribution in [-0.2, 0) is 14.8 Å². The van der Waals surface area contributed by atoms with Crippen molar-refractivity contribution in [1.82, 2.24) is 4.57 Å². The fraction of sp³-hybridized carbons (Fsp3) is 0.227. The summed E-state index contributed by atoms with van der Waals surface area (Å²) < 4.78 is 35.1. The van der Waals surface area contributed by atoms with Gasteiger partial charge in [0.1, 0.15) is 5.60 Å². The van der Waals surface area contributed by atoms with Gasteiger partial charge in [-0.05, 0) is 58.0 Å². The molecule has 152 valence electrons. The minimum Gasteiger partial charge on any atom is -0.443 e. The highest BCUT2D eigenvalue weighted by molar-refractivity contribution is 7.92. The SMILES string of the molecule is Cc1ccc(S(=O)(=O)Nc2ccccc2-c2cccn2C(=O)OC(C)(C)C)cc1. The van der Waals surface area contributed by atoms with Crippen molar-refractivity contribution >= 4 is 21.8 Å². The first kappa shape index (κ1) is 20.7. The number of hydrogen-bond acceptors (Lipinski definition) is 4. The second kappa shape index (κ2) is 7.75. The largest absolute Gasteiger partial charge is 0.443 e. The van der Waals surface area contributed by atoms with E-state index in [9.17, 15) is 13.2 Å². The highest BCUT2D eigenvalue weighted by Gasteiger charge is 2.22. The Labute approximate surface area is 171 Å². The van der Waals surface area contributed by atoms with E-state index in [1.807, 2.05) is 6.92 Å². The molecular weight excluding hydrogens is 388 g/mol.